The molecule has 4 aliphatic rings. The van der Waals surface area contributed by atoms with Gasteiger partial charge in [-0.1, -0.05) is 0 Å². The first-order valence-corrected chi connectivity index (χ1v) is 8.66. The van der Waals surface area contributed by atoms with Crippen molar-refractivity contribution in [1.29, 1.82) is 0 Å². The van der Waals surface area contributed by atoms with Crippen molar-refractivity contribution in [2.45, 2.75) is 44.0 Å². The number of hydrogen-bond donors (Lipinski definition) is 2. The molecule has 114 valence electrons. The number of alkyl halides is 1. The molecule has 4 fully saturated rings. The molecule has 1 unspecified atom stereocenters. The van der Waals surface area contributed by atoms with Crippen molar-refractivity contribution in [2.24, 2.45) is 23.2 Å². The Labute approximate surface area is 118 Å². The molecule has 4 aliphatic carbocycles. The standard InChI is InChI=1S/C13H20FNO4S/c14-11(20(17,18)19)12(16)15-7-13-4-8-1-9(5-13)3-10(2-8)6-13/h8-11H,1-7H2,(H,15,16)(H,17,18,19). The average molecular weight is 305 g/mol. The quantitative estimate of drug-likeness (QED) is 0.771. The van der Waals surface area contributed by atoms with Crippen LogP contribution in [0.5, 0.6) is 0 Å². The molecular formula is C13H20FNO4S. The zero-order chi connectivity index (χ0) is 14.5. The van der Waals surface area contributed by atoms with Crippen LogP contribution in [0.4, 0.5) is 4.39 Å². The highest BCUT2D eigenvalue weighted by molar-refractivity contribution is 7.87. The third-order valence-electron chi connectivity index (χ3n) is 5.27. The Bertz CT molecular complexity index is 483. The Kier molecular flexibility index (Phi) is 3.32. The van der Waals surface area contributed by atoms with Crippen molar-refractivity contribution in [3.8, 4) is 0 Å². The average Bonchev–Trinajstić information content (AvgIpc) is 2.32. The van der Waals surface area contributed by atoms with Gasteiger partial charge in [0, 0.05) is 6.54 Å². The highest BCUT2D eigenvalue weighted by Crippen LogP contribution is 2.59. The van der Waals surface area contributed by atoms with Gasteiger partial charge in [-0.05, 0) is 61.7 Å². The summed E-state index contributed by atoms with van der Waals surface area (Å²) >= 11 is 0. The van der Waals surface area contributed by atoms with Gasteiger partial charge in [-0.15, -0.1) is 0 Å². The monoisotopic (exact) mass is 305 g/mol. The summed E-state index contributed by atoms with van der Waals surface area (Å²) in [4.78, 5) is 11.5. The van der Waals surface area contributed by atoms with Crippen molar-refractivity contribution < 1.29 is 22.2 Å². The second kappa shape index (κ2) is 4.66. The summed E-state index contributed by atoms with van der Waals surface area (Å²) in [5, 5.41) is 2.39. The van der Waals surface area contributed by atoms with Crippen LogP contribution in [0.1, 0.15) is 38.5 Å². The van der Waals surface area contributed by atoms with Gasteiger partial charge in [0.05, 0.1) is 0 Å². The predicted octanol–water partition coefficient (Wildman–Crippen LogP) is 1.50. The van der Waals surface area contributed by atoms with E-state index in [9.17, 15) is 17.6 Å². The van der Waals surface area contributed by atoms with Crippen molar-refractivity contribution >= 4 is 16.0 Å². The fraction of sp³-hybridized carbons (Fsp3) is 0.923. The van der Waals surface area contributed by atoms with Gasteiger partial charge in [0.25, 0.3) is 5.91 Å². The molecule has 0 saturated heterocycles. The molecule has 4 rings (SSSR count). The van der Waals surface area contributed by atoms with Crippen LogP contribution in [0, 0.1) is 23.2 Å². The molecule has 0 aliphatic heterocycles. The summed E-state index contributed by atoms with van der Waals surface area (Å²) in [6.07, 6.45) is 6.93. The predicted molar refractivity (Wildman–Crippen MR) is 70.1 cm³/mol. The normalized spacial score (nSPS) is 40.6. The number of rotatable bonds is 4. The highest BCUT2D eigenvalue weighted by atomic mass is 32.2. The summed E-state index contributed by atoms with van der Waals surface area (Å²) < 4.78 is 43.0. The maximum atomic E-state index is 13.2. The molecule has 20 heavy (non-hydrogen) atoms. The first-order chi connectivity index (χ1) is 9.27. The lowest BCUT2D eigenvalue weighted by molar-refractivity contribution is -0.125. The zero-order valence-corrected chi connectivity index (χ0v) is 12.0. The molecule has 2 N–H and O–H groups in total. The Morgan fingerprint density at radius 3 is 2.05 bits per heavy atom. The molecule has 4 saturated carbocycles. The van der Waals surface area contributed by atoms with Gasteiger partial charge in [-0.3, -0.25) is 9.35 Å². The Morgan fingerprint density at radius 2 is 1.65 bits per heavy atom. The van der Waals surface area contributed by atoms with E-state index in [1.165, 1.54) is 19.3 Å². The van der Waals surface area contributed by atoms with Gasteiger partial charge in [0.1, 0.15) is 0 Å². The van der Waals surface area contributed by atoms with Crippen LogP contribution < -0.4 is 5.32 Å². The molecule has 0 aromatic heterocycles. The molecule has 0 aromatic rings. The number of carbonyl (C=O) groups excluding carboxylic acids is 1. The summed E-state index contributed by atoms with van der Waals surface area (Å²) in [5.74, 6) is 0.881. The van der Waals surface area contributed by atoms with Crippen molar-refractivity contribution in [3.05, 3.63) is 0 Å². The number of halogens is 1. The fourth-order valence-corrected chi connectivity index (χ4v) is 5.35. The van der Waals surface area contributed by atoms with E-state index in [2.05, 4.69) is 5.32 Å². The fourth-order valence-electron chi connectivity index (χ4n) is 5.00. The molecule has 1 atom stereocenters. The van der Waals surface area contributed by atoms with E-state index >= 15 is 0 Å². The molecular weight excluding hydrogens is 285 g/mol. The van der Waals surface area contributed by atoms with Gasteiger partial charge in [0.15, 0.2) is 0 Å². The molecule has 5 nitrogen and oxygen atoms in total. The molecule has 0 radical (unpaired) electrons. The Morgan fingerprint density at radius 1 is 1.20 bits per heavy atom. The molecule has 0 heterocycles. The SMILES string of the molecule is O=C(NCC12CC3CC(CC(C3)C1)C2)C(F)S(=O)(=O)O. The smallest absolute Gasteiger partial charge is 0.307 e. The first-order valence-electron chi connectivity index (χ1n) is 7.15. The second-order valence-electron chi connectivity index (χ2n) is 6.97. The van der Waals surface area contributed by atoms with Crippen molar-refractivity contribution in [1.82, 2.24) is 5.32 Å². The lowest BCUT2D eigenvalue weighted by atomic mass is 9.49. The first kappa shape index (κ1) is 14.3. The Balaban J connectivity index is 1.63. The van der Waals surface area contributed by atoms with E-state index in [0.29, 0.717) is 24.3 Å². The molecule has 7 heteroatoms. The van der Waals surface area contributed by atoms with Gasteiger partial charge in [0.2, 0.25) is 0 Å². The number of hydrogen-bond acceptors (Lipinski definition) is 3. The lowest BCUT2D eigenvalue weighted by Gasteiger charge is -2.56. The molecule has 0 aromatic carbocycles. The molecule has 0 spiro atoms. The summed E-state index contributed by atoms with van der Waals surface area (Å²) in [6, 6.07) is 0. The third kappa shape index (κ3) is 2.57. The Hall–Kier alpha value is -0.690. The topological polar surface area (TPSA) is 83.5 Å². The van der Waals surface area contributed by atoms with Crippen molar-refractivity contribution in [3.63, 3.8) is 0 Å². The second-order valence-corrected chi connectivity index (χ2v) is 8.41. The van der Waals surface area contributed by atoms with E-state index in [1.807, 2.05) is 0 Å². The van der Waals surface area contributed by atoms with Crippen LogP contribution in [-0.4, -0.2) is 30.9 Å². The minimum absolute atomic E-state index is 0.0172. The summed E-state index contributed by atoms with van der Waals surface area (Å²) in [6.45, 7) is 0.325. The van der Waals surface area contributed by atoms with E-state index in [-0.39, 0.29) is 5.41 Å². The summed E-state index contributed by atoms with van der Waals surface area (Å²) in [5.41, 5.74) is -2.86. The van der Waals surface area contributed by atoms with E-state index in [4.69, 9.17) is 4.55 Å². The lowest BCUT2D eigenvalue weighted by Crippen LogP contribution is -2.52. The minimum Gasteiger partial charge on any atom is -0.352 e. The van der Waals surface area contributed by atoms with Gasteiger partial charge in [-0.25, -0.2) is 4.39 Å². The van der Waals surface area contributed by atoms with E-state index < -0.39 is 21.5 Å². The maximum absolute atomic E-state index is 13.2. The molecule has 1 amide bonds. The maximum Gasteiger partial charge on any atom is 0.307 e. The minimum atomic E-state index is -4.96. The van der Waals surface area contributed by atoms with Crippen LogP contribution >= 0.6 is 0 Å². The van der Waals surface area contributed by atoms with Gasteiger partial charge < -0.3 is 5.32 Å². The van der Waals surface area contributed by atoms with Crippen LogP contribution in [0.25, 0.3) is 0 Å². The number of amides is 1. The number of nitrogens with one attached hydrogen (secondary N) is 1. The van der Waals surface area contributed by atoms with Crippen molar-refractivity contribution in [2.75, 3.05) is 6.54 Å². The number of carbonyl (C=O) groups is 1. The third-order valence-corrected chi connectivity index (χ3v) is 6.01. The molecule has 4 bridgehead atoms. The highest BCUT2D eigenvalue weighted by Gasteiger charge is 2.51. The van der Waals surface area contributed by atoms with Crippen LogP contribution in [-0.2, 0) is 14.9 Å². The van der Waals surface area contributed by atoms with Gasteiger partial charge >= 0.3 is 15.6 Å². The van der Waals surface area contributed by atoms with E-state index in [0.717, 1.165) is 19.3 Å². The van der Waals surface area contributed by atoms with Gasteiger partial charge in [-0.2, -0.15) is 8.42 Å². The van der Waals surface area contributed by atoms with E-state index in [1.54, 1.807) is 0 Å². The van der Waals surface area contributed by atoms with Crippen LogP contribution in [0.2, 0.25) is 0 Å². The summed E-state index contributed by atoms with van der Waals surface area (Å²) in [7, 11) is -4.96. The van der Waals surface area contributed by atoms with Crippen LogP contribution in [0.15, 0.2) is 0 Å². The zero-order valence-electron chi connectivity index (χ0n) is 11.2. The largest absolute Gasteiger partial charge is 0.352 e. The van der Waals surface area contributed by atoms with Crippen LogP contribution in [0.3, 0.4) is 0 Å².